The second kappa shape index (κ2) is 9.19. The molecule has 1 atom stereocenters. The number of anilines is 1. The Hall–Kier alpha value is -3.72. The van der Waals surface area contributed by atoms with Crippen LogP contribution in [0.1, 0.15) is 39.1 Å². The van der Waals surface area contributed by atoms with Crippen LogP contribution in [0.25, 0.3) is 0 Å². The molecule has 1 aliphatic heterocycles. The summed E-state index contributed by atoms with van der Waals surface area (Å²) in [7, 11) is 0. The van der Waals surface area contributed by atoms with Crippen molar-refractivity contribution in [1.82, 2.24) is 4.90 Å². The molecule has 1 aromatic carbocycles. The number of esters is 1. The zero-order chi connectivity index (χ0) is 22.7. The average molecular weight is 452 g/mol. The second-order valence-corrected chi connectivity index (χ2v) is 8.08. The lowest BCUT2D eigenvalue weighted by Crippen LogP contribution is -2.44. The largest absolute Gasteiger partial charge is 0.462 e. The molecule has 0 saturated carbocycles. The van der Waals surface area contributed by atoms with Crippen LogP contribution in [0.2, 0.25) is 0 Å². The maximum Gasteiger partial charge on any atom is 0.338 e. The van der Waals surface area contributed by atoms with E-state index in [0.29, 0.717) is 11.3 Å². The first-order valence-electron chi connectivity index (χ1n) is 10.0. The summed E-state index contributed by atoms with van der Waals surface area (Å²) in [5, 5.41) is 1.88. The molecule has 0 N–H and O–H groups in total. The van der Waals surface area contributed by atoms with Gasteiger partial charge in [-0.25, -0.2) is 9.69 Å². The summed E-state index contributed by atoms with van der Waals surface area (Å²) in [5.41, 5.74) is 0.649. The van der Waals surface area contributed by atoms with Gasteiger partial charge in [-0.15, -0.1) is 11.3 Å². The third kappa shape index (κ3) is 4.19. The van der Waals surface area contributed by atoms with Crippen molar-refractivity contribution < 1.29 is 28.3 Å². The zero-order valence-electron chi connectivity index (χ0n) is 17.2. The van der Waals surface area contributed by atoms with Gasteiger partial charge in [0.05, 0.1) is 37.1 Å². The predicted octanol–water partition coefficient (Wildman–Crippen LogP) is 3.49. The van der Waals surface area contributed by atoms with Crippen LogP contribution in [0.3, 0.4) is 0 Å². The second-order valence-electron chi connectivity index (χ2n) is 7.04. The van der Waals surface area contributed by atoms with Crippen molar-refractivity contribution in [3.05, 3.63) is 76.4 Å². The number of amides is 3. The highest BCUT2D eigenvalue weighted by Crippen LogP contribution is 2.29. The molecule has 0 radical (unpaired) electrons. The molecule has 0 spiro atoms. The third-order valence-corrected chi connectivity index (χ3v) is 5.90. The summed E-state index contributed by atoms with van der Waals surface area (Å²) in [6.07, 6.45) is 1.24. The lowest BCUT2D eigenvalue weighted by molar-refractivity contribution is -0.122. The highest BCUT2D eigenvalue weighted by atomic mass is 32.1. The Bertz CT molecular complexity index is 1120. The first-order chi connectivity index (χ1) is 15.5. The van der Waals surface area contributed by atoms with E-state index < -0.39 is 29.7 Å². The molecule has 1 fully saturated rings. The summed E-state index contributed by atoms with van der Waals surface area (Å²) in [4.78, 5) is 54.3. The fraction of sp³-hybridized carbons (Fsp3) is 0.217. The van der Waals surface area contributed by atoms with Gasteiger partial charge >= 0.3 is 5.97 Å². The van der Waals surface area contributed by atoms with E-state index in [0.717, 1.165) is 9.78 Å². The van der Waals surface area contributed by atoms with Crippen LogP contribution in [0, 0.1) is 0 Å². The van der Waals surface area contributed by atoms with Crippen molar-refractivity contribution in [2.45, 2.75) is 25.9 Å². The molecule has 4 rings (SSSR count). The number of carbonyl (C=O) groups excluding carboxylic acids is 4. The number of ether oxygens (including phenoxy) is 1. The molecule has 1 unspecified atom stereocenters. The van der Waals surface area contributed by atoms with Crippen molar-refractivity contribution in [3.63, 3.8) is 0 Å². The minimum Gasteiger partial charge on any atom is -0.462 e. The first-order valence-corrected chi connectivity index (χ1v) is 10.9. The number of furan rings is 1. The van der Waals surface area contributed by atoms with Crippen LogP contribution < -0.4 is 4.90 Å². The van der Waals surface area contributed by atoms with Gasteiger partial charge in [-0.3, -0.25) is 14.4 Å². The van der Waals surface area contributed by atoms with Crippen LogP contribution in [0.5, 0.6) is 0 Å². The lowest BCUT2D eigenvalue weighted by atomic mass is 10.1. The van der Waals surface area contributed by atoms with Gasteiger partial charge in [0.1, 0.15) is 6.04 Å². The summed E-state index contributed by atoms with van der Waals surface area (Å²) in [6.45, 7) is 2.13. The average Bonchev–Trinajstić information content (AvgIpc) is 3.55. The van der Waals surface area contributed by atoms with Crippen LogP contribution in [-0.2, 0) is 20.9 Å². The summed E-state index contributed by atoms with van der Waals surface area (Å²) < 4.78 is 10.2. The highest BCUT2D eigenvalue weighted by molar-refractivity contribution is 7.09. The number of carbonyl (C=O) groups is 4. The Kier molecular flexibility index (Phi) is 6.18. The maximum absolute atomic E-state index is 13.3. The highest BCUT2D eigenvalue weighted by Gasteiger charge is 2.45. The van der Waals surface area contributed by atoms with Gasteiger partial charge in [0, 0.05) is 4.88 Å². The Morgan fingerprint density at radius 1 is 1.16 bits per heavy atom. The Morgan fingerprint density at radius 3 is 2.56 bits per heavy atom. The molecule has 3 aromatic rings. The quantitative estimate of drug-likeness (QED) is 0.402. The van der Waals surface area contributed by atoms with Crippen molar-refractivity contribution >= 4 is 40.7 Å². The number of thiophene rings is 1. The van der Waals surface area contributed by atoms with Gasteiger partial charge in [-0.1, -0.05) is 6.07 Å². The number of nitrogens with zero attached hydrogens (tertiary/aromatic N) is 2. The van der Waals surface area contributed by atoms with E-state index in [1.54, 1.807) is 13.0 Å². The number of hydrogen-bond acceptors (Lipinski definition) is 7. The monoisotopic (exact) mass is 452 g/mol. The van der Waals surface area contributed by atoms with Gasteiger partial charge in [-0.05, 0) is 54.8 Å². The molecule has 0 bridgehead atoms. The number of hydrogen-bond donors (Lipinski definition) is 0. The van der Waals surface area contributed by atoms with E-state index in [1.165, 1.54) is 52.8 Å². The number of rotatable bonds is 7. The van der Waals surface area contributed by atoms with E-state index in [4.69, 9.17) is 9.15 Å². The Morgan fingerprint density at radius 2 is 1.94 bits per heavy atom. The molecule has 164 valence electrons. The molecule has 32 heavy (non-hydrogen) atoms. The van der Waals surface area contributed by atoms with Crippen LogP contribution in [-0.4, -0.2) is 41.2 Å². The smallest absolute Gasteiger partial charge is 0.338 e. The molecule has 9 heteroatoms. The van der Waals surface area contributed by atoms with Crippen molar-refractivity contribution in [2.24, 2.45) is 0 Å². The number of benzene rings is 1. The van der Waals surface area contributed by atoms with E-state index in [1.807, 2.05) is 17.5 Å². The van der Waals surface area contributed by atoms with Gasteiger partial charge in [0.25, 0.3) is 11.8 Å². The van der Waals surface area contributed by atoms with Crippen molar-refractivity contribution in [1.29, 1.82) is 0 Å². The molecule has 2 aromatic heterocycles. The first kappa shape index (κ1) is 21.5. The van der Waals surface area contributed by atoms with Crippen molar-refractivity contribution in [2.75, 3.05) is 11.5 Å². The third-order valence-electron chi connectivity index (χ3n) is 5.03. The predicted molar refractivity (Wildman–Crippen MR) is 116 cm³/mol. The van der Waals surface area contributed by atoms with Gasteiger partial charge in [-0.2, -0.15) is 0 Å². The minimum absolute atomic E-state index is 0.0963. The minimum atomic E-state index is -0.966. The zero-order valence-corrected chi connectivity index (χ0v) is 18.0. The van der Waals surface area contributed by atoms with E-state index >= 15 is 0 Å². The topological polar surface area (TPSA) is 97.1 Å². The van der Waals surface area contributed by atoms with Gasteiger partial charge in [0.15, 0.2) is 5.76 Å². The van der Waals surface area contributed by atoms with E-state index in [9.17, 15) is 19.2 Å². The molecule has 0 aliphatic carbocycles. The van der Waals surface area contributed by atoms with Crippen LogP contribution in [0.4, 0.5) is 5.69 Å². The Balaban J connectivity index is 1.60. The lowest BCUT2D eigenvalue weighted by Gasteiger charge is -2.26. The molecule has 3 amide bonds. The fourth-order valence-corrected chi connectivity index (χ4v) is 4.23. The molecular weight excluding hydrogens is 432 g/mol. The summed E-state index contributed by atoms with van der Waals surface area (Å²) >= 11 is 1.45. The normalized spacial score (nSPS) is 15.8. The van der Waals surface area contributed by atoms with Gasteiger partial charge in [0.2, 0.25) is 5.91 Å². The summed E-state index contributed by atoms with van der Waals surface area (Å²) in [6, 6.07) is 11.9. The SMILES string of the molecule is CCOC(=O)c1ccc(N2C(=O)CC(N(Cc3cccs3)C(=O)c3ccco3)C2=O)cc1. The van der Waals surface area contributed by atoms with Gasteiger partial charge < -0.3 is 14.1 Å². The summed E-state index contributed by atoms with van der Waals surface area (Å²) in [5.74, 6) is -1.78. The van der Waals surface area contributed by atoms with Crippen LogP contribution >= 0.6 is 11.3 Å². The molecule has 8 nitrogen and oxygen atoms in total. The van der Waals surface area contributed by atoms with E-state index in [2.05, 4.69) is 0 Å². The molecule has 3 heterocycles. The van der Waals surface area contributed by atoms with Crippen molar-refractivity contribution in [3.8, 4) is 0 Å². The molecule has 1 aliphatic rings. The standard InChI is InChI=1S/C23H20N2O6S/c1-2-30-23(29)15-7-9-16(10-8-15)25-20(26)13-18(21(25)27)24(14-17-5-4-12-32-17)22(28)19-6-3-11-31-19/h3-12,18H,2,13-14H2,1H3. The molecule has 1 saturated heterocycles. The van der Waals surface area contributed by atoms with Crippen LogP contribution in [0.15, 0.2) is 64.6 Å². The van der Waals surface area contributed by atoms with E-state index in [-0.39, 0.29) is 25.3 Å². The fourth-order valence-electron chi connectivity index (χ4n) is 3.53. The maximum atomic E-state index is 13.3. The Labute approximate surface area is 188 Å². The molecular formula is C23H20N2O6S. The number of imide groups is 1.